The largest absolute Gasteiger partial charge is 0.497 e. The van der Waals surface area contributed by atoms with Gasteiger partial charge >= 0.3 is 0 Å². The zero-order chi connectivity index (χ0) is 22.1. The van der Waals surface area contributed by atoms with Crippen LogP contribution < -0.4 is 20.5 Å². The number of nitrogens with one attached hydrogen (secondary N) is 2. The topological polar surface area (TPSA) is 119 Å². The number of halogens is 1. The van der Waals surface area contributed by atoms with Gasteiger partial charge in [-0.25, -0.2) is 18.5 Å². The summed E-state index contributed by atoms with van der Waals surface area (Å²) in [5.74, 6) is 2.32. The molecule has 0 unspecified atom stereocenters. The van der Waals surface area contributed by atoms with Gasteiger partial charge in [0.05, 0.1) is 24.8 Å². The minimum Gasteiger partial charge on any atom is -0.497 e. The van der Waals surface area contributed by atoms with E-state index in [2.05, 4.69) is 15.6 Å². The smallest absolute Gasteiger partial charge is 0.238 e. The number of nitrogens with two attached hydrogens (primary N) is 1. The molecule has 0 spiro atoms. The van der Waals surface area contributed by atoms with Crippen molar-refractivity contribution >= 4 is 40.0 Å². The molecule has 10 heteroatoms. The molecule has 0 saturated heterocycles. The number of ether oxygens (including phenoxy) is 1. The molecule has 4 N–H and O–H groups in total. The zero-order valence-electron chi connectivity index (χ0n) is 17.7. The first-order valence-corrected chi connectivity index (χ1v) is 11.3. The first-order chi connectivity index (χ1) is 14.9. The van der Waals surface area contributed by atoms with Crippen molar-refractivity contribution in [1.29, 1.82) is 0 Å². The van der Waals surface area contributed by atoms with Crippen LogP contribution in [0.15, 0.2) is 81.2 Å². The fourth-order valence-electron chi connectivity index (χ4n) is 2.82. The molecule has 0 radical (unpaired) electrons. The third-order valence-electron chi connectivity index (χ3n) is 4.53. The Morgan fingerprint density at radius 3 is 2.31 bits per heavy atom. The van der Waals surface area contributed by atoms with E-state index in [1.165, 1.54) is 12.1 Å². The van der Waals surface area contributed by atoms with Crippen LogP contribution in [-0.2, 0) is 29.5 Å². The van der Waals surface area contributed by atoms with Gasteiger partial charge in [0.15, 0.2) is 5.96 Å². The van der Waals surface area contributed by atoms with E-state index in [0.29, 0.717) is 25.6 Å². The predicted octanol–water partition coefficient (Wildman–Crippen LogP) is 3.03. The number of nitrogens with zero attached hydrogens (tertiary/aromatic N) is 1. The molecule has 2 aromatic carbocycles. The van der Waals surface area contributed by atoms with Crippen molar-refractivity contribution in [3.8, 4) is 5.75 Å². The van der Waals surface area contributed by atoms with E-state index >= 15 is 0 Å². The number of sulfonamides is 1. The highest BCUT2D eigenvalue weighted by Gasteiger charge is 2.07. The lowest BCUT2D eigenvalue weighted by Crippen LogP contribution is -2.38. The molecule has 3 rings (SSSR count). The molecule has 0 bridgehead atoms. The van der Waals surface area contributed by atoms with Crippen LogP contribution in [0.25, 0.3) is 0 Å². The van der Waals surface area contributed by atoms with Crippen LogP contribution in [0.2, 0.25) is 0 Å². The van der Waals surface area contributed by atoms with E-state index in [1.807, 2.05) is 36.4 Å². The minimum absolute atomic E-state index is 0. The van der Waals surface area contributed by atoms with Crippen LogP contribution in [0.1, 0.15) is 16.9 Å². The van der Waals surface area contributed by atoms with E-state index in [-0.39, 0.29) is 28.9 Å². The highest BCUT2D eigenvalue weighted by molar-refractivity contribution is 14.0. The summed E-state index contributed by atoms with van der Waals surface area (Å²) in [4.78, 5) is 4.73. The van der Waals surface area contributed by atoms with Gasteiger partial charge in [-0.15, -0.1) is 24.0 Å². The number of hydrogen-bond acceptors (Lipinski definition) is 5. The normalized spacial score (nSPS) is 11.5. The van der Waals surface area contributed by atoms with Gasteiger partial charge < -0.3 is 19.8 Å². The van der Waals surface area contributed by atoms with Gasteiger partial charge in [-0.05, 0) is 47.5 Å². The number of methoxy groups -OCH3 is 1. The number of guanidine groups is 1. The number of rotatable bonds is 9. The number of primary sulfonamides is 1. The second kappa shape index (κ2) is 12.5. The summed E-state index contributed by atoms with van der Waals surface area (Å²) in [5.41, 5.74) is 1.95. The average molecular weight is 570 g/mol. The maximum absolute atomic E-state index is 11.4. The third-order valence-corrected chi connectivity index (χ3v) is 5.46. The van der Waals surface area contributed by atoms with Crippen molar-refractivity contribution in [3.63, 3.8) is 0 Å². The lowest BCUT2D eigenvalue weighted by atomic mass is 10.2. The van der Waals surface area contributed by atoms with Crippen LogP contribution in [-0.4, -0.2) is 28.0 Å². The molecule has 32 heavy (non-hydrogen) atoms. The molecule has 3 aromatic rings. The molecule has 0 aliphatic rings. The molecule has 1 aromatic heterocycles. The van der Waals surface area contributed by atoms with Gasteiger partial charge in [0, 0.05) is 19.5 Å². The SMILES string of the molecule is COc1ccc(CN=C(NCCc2ccco2)NCc2ccc(S(N)(=O)=O)cc2)cc1.I. The standard InChI is InChI=1S/C22H26N4O4S.HI/c1-29-19-8-4-17(5-9-19)15-25-22(24-13-12-20-3-2-14-30-20)26-16-18-6-10-21(11-7-18)31(23,27)28;/h2-11,14H,12-13,15-16H2,1H3,(H2,23,27,28)(H2,24,25,26);1H. The van der Waals surface area contributed by atoms with Gasteiger partial charge in [-0.2, -0.15) is 0 Å². The Balaban J connectivity index is 0.00000363. The van der Waals surface area contributed by atoms with Gasteiger partial charge in [-0.3, -0.25) is 0 Å². The highest BCUT2D eigenvalue weighted by atomic mass is 127. The van der Waals surface area contributed by atoms with Crippen LogP contribution >= 0.6 is 24.0 Å². The summed E-state index contributed by atoms with van der Waals surface area (Å²) < 4.78 is 33.4. The maximum Gasteiger partial charge on any atom is 0.238 e. The lowest BCUT2D eigenvalue weighted by Gasteiger charge is -2.13. The van der Waals surface area contributed by atoms with Gasteiger partial charge in [0.1, 0.15) is 11.5 Å². The first kappa shape index (κ1) is 25.7. The van der Waals surface area contributed by atoms with Crippen molar-refractivity contribution in [1.82, 2.24) is 10.6 Å². The summed E-state index contributed by atoms with van der Waals surface area (Å²) in [6.45, 7) is 1.61. The number of hydrogen-bond donors (Lipinski definition) is 3. The molecule has 1 heterocycles. The molecule has 0 aliphatic carbocycles. The van der Waals surface area contributed by atoms with E-state index < -0.39 is 10.0 Å². The lowest BCUT2D eigenvalue weighted by molar-refractivity contribution is 0.414. The summed E-state index contributed by atoms with van der Waals surface area (Å²) in [7, 11) is -2.07. The van der Waals surface area contributed by atoms with Gasteiger partial charge in [0.2, 0.25) is 10.0 Å². The fourth-order valence-corrected chi connectivity index (χ4v) is 3.33. The Kier molecular flexibility index (Phi) is 10.0. The van der Waals surface area contributed by atoms with Crippen LogP contribution in [0, 0.1) is 0 Å². The average Bonchev–Trinajstić information content (AvgIpc) is 3.29. The molecule has 0 aliphatic heterocycles. The van der Waals surface area contributed by atoms with Crippen molar-refractivity contribution < 1.29 is 17.6 Å². The summed E-state index contributed by atoms with van der Waals surface area (Å²) in [6, 6.07) is 17.9. The van der Waals surface area contributed by atoms with Gasteiger partial charge in [-0.1, -0.05) is 24.3 Å². The minimum atomic E-state index is -3.70. The molecular weight excluding hydrogens is 543 g/mol. The summed E-state index contributed by atoms with van der Waals surface area (Å²) in [5, 5.41) is 11.7. The predicted molar refractivity (Wildman–Crippen MR) is 135 cm³/mol. The van der Waals surface area contributed by atoms with Crippen LogP contribution in [0.3, 0.4) is 0 Å². The van der Waals surface area contributed by atoms with Crippen LogP contribution in [0.5, 0.6) is 5.75 Å². The number of aliphatic imine (C=N–C) groups is 1. The third kappa shape index (κ3) is 8.17. The van der Waals surface area contributed by atoms with Crippen molar-refractivity contribution in [3.05, 3.63) is 83.8 Å². The summed E-state index contributed by atoms with van der Waals surface area (Å²) >= 11 is 0. The summed E-state index contributed by atoms with van der Waals surface area (Å²) in [6.07, 6.45) is 2.37. The fraction of sp³-hybridized carbons (Fsp3) is 0.227. The first-order valence-electron chi connectivity index (χ1n) is 9.73. The second-order valence-electron chi connectivity index (χ2n) is 6.81. The maximum atomic E-state index is 11.4. The Morgan fingerprint density at radius 1 is 1.03 bits per heavy atom. The highest BCUT2D eigenvalue weighted by Crippen LogP contribution is 2.12. The molecular formula is C22H27IN4O4S. The Bertz CT molecular complexity index is 1080. The van der Waals surface area contributed by atoms with E-state index in [0.717, 1.165) is 29.1 Å². The van der Waals surface area contributed by atoms with Crippen molar-refractivity contribution in [2.45, 2.75) is 24.4 Å². The van der Waals surface area contributed by atoms with E-state index in [9.17, 15) is 8.42 Å². The second-order valence-corrected chi connectivity index (χ2v) is 8.37. The Hall–Kier alpha value is -2.57. The Morgan fingerprint density at radius 2 is 1.72 bits per heavy atom. The zero-order valence-corrected chi connectivity index (χ0v) is 20.8. The molecule has 172 valence electrons. The molecule has 8 nitrogen and oxygen atoms in total. The van der Waals surface area contributed by atoms with Crippen molar-refractivity contribution in [2.24, 2.45) is 10.1 Å². The number of benzene rings is 2. The quantitative estimate of drug-likeness (QED) is 0.207. The monoisotopic (exact) mass is 570 g/mol. The van der Waals surface area contributed by atoms with Crippen molar-refractivity contribution in [2.75, 3.05) is 13.7 Å². The van der Waals surface area contributed by atoms with E-state index in [4.69, 9.17) is 14.3 Å². The van der Waals surface area contributed by atoms with Crippen LogP contribution in [0.4, 0.5) is 0 Å². The molecule has 0 amide bonds. The number of furan rings is 1. The van der Waals surface area contributed by atoms with Gasteiger partial charge in [0.25, 0.3) is 0 Å². The molecule has 0 fully saturated rings. The van der Waals surface area contributed by atoms with E-state index in [1.54, 1.807) is 25.5 Å². The molecule has 0 saturated carbocycles. The molecule has 0 atom stereocenters. The Labute approximate surface area is 205 Å².